The van der Waals surface area contributed by atoms with Crippen molar-refractivity contribution in [3.63, 3.8) is 0 Å². The van der Waals surface area contributed by atoms with Crippen LogP contribution in [0, 0.1) is 0 Å². The Bertz CT molecular complexity index is 879. The fourth-order valence-electron chi connectivity index (χ4n) is 2.22. The van der Waals surface area contributed by atoms with Crippen LogP contribution in [0.25, 0.3) is 0 Å². The smallest absolute Gasteiger partial charge is 0.338 e. The highest BCUT2D eigenvalue weighted by molar-refractivity contribution is 7.92. The number of hydrogen-bond donors (Lipinski definition) is 2. The predicted octanol–water partition coefficient (Wildman–Crippen LogP) is 2.21. The van der Waals surface area contributed by atoms with Crippen LogP contribution in [0.3, 0.4) is 0 Å². The van der Waals surface area contributed by atoms with Crippen LogP contribution in [0.4, 0.5) is 5.69 Å². The molecule has 0 atom stereocenters. The molecule has 2 aromatic rings. The van der Waals surface area contributed by atoms with Gasteiger partial charge in [-0.15, -0.1) is 0 Å². The molecule has 0 heterocycles. The number of carbonyl (C=O) groups is 1. The molecule has 0 amide bonds. The predicted molar refractivity (Wildman–Crippen MR) is 90.3 cm³/mol. The first kappa shape index (κ1) is 18.4. The van der Waals surface area contributed by atoms with Gasteiger partial charge in [-0.3, -0.25) is 4.72 Å². The standard InChI is InChI=1S/C16H17NO7S/c1-22-12-9-11(16(18)19)13(15(24-3)14(12)23-2)17-25(20,21)10-7-5-4-6-8-10/h4-9,17H,1-3H3,(H,18,19). The number of carboxylic acids is 1. The summed E-state index contributed by atoms with van der Waals surface area (Å²) in [5.74, 6) is -1.29. The number of sulfonamides is 1. The van der Waals surface area contributed by atoms with Gasteiger partial charge in [0.25, 0.3) is 10.0 Å². The average Bonchev–Trinajstić information content (AvgIpc) is 2.61. The highest BCUT2D eigenvalue weighted by Crippen LogP contribution is 2.45. The topological polar surface area (TPSA) is 111 Å². The number of hydrogen-bond acceptors (Lipinski definition) is 6. The minimum absolute atomic E-state index is 0.0248. The minimum Gasteiger partial charge on any atom is -0.493 e. The number of rotatable bonds is 7. The van der Waals surface area contributed by atoms with Gasteiger partial charge in [0.15, 0.2) is 11.5 Å². The lowest BCUT2D eigenvalue weighted by atomic mass is 10.1. The number of carboxylic acid groups (broad SMARTS) is 1. The Labute approximate surface area is 145 Å². The summed E-state index contributed by atoms with van der Waals surface area (Å²) in [6, 6.07) is 8.70. The largest absolute Gasteiger partial charge is 0.493 e. The molecule has 0 fully saturated rings. The Morgan fingerprint density at radius 1 is 1.00 bits per heavy atom. The van der Waals surface area contributed by atoms with E-state index >= 15 is 0 Å². The van der Waals surface area contributed by atoms with Crippen molar-refractivity contribution in [1.29, 1.82) is 0 Å². The Hall–Kier alpha value is -2.94. The van der Waals surface area contributed by atoms with Crippen LogP contribution in [0.1, 0.15) is 10.4 Å². The lowest BCUT2D eigenvalue weighted by Crippen LogP contribution is -2.17. The molecule has 0 radical (unpaired) electrons. The first-order valence-electron chi connectivity index (χ1n) is 6.99. The number of nitrogens with one attached hydrogen (secondary N) is 1. The molecule has 8 nitrogen and oxygen atoms in total. The van der Waals surface area contributed by atoms with Gasteiger partial charge in [0.2, 0.25) is 5.75 Å². The molecule has 2 rings (SSSR count). The SMILES string of the molecule is COc1cc(C(=O)O)c(NS(=O)(=O)c2ccccc2)c(OC)c1OC. The maximum Gasteiger partial charge on any atom is 0.338 e. The summed E-state index contributed by atoms with van der Waals surface area (Å²) in [5, 5.41) is 9.45. The molecule has 9 heteroatoms. The van der Waals surface area contributed by atoms with Crippen molar-refractivity contribution in [2.24, 2.45) is 0 Å². The molecule has 0 unspecified atom stereocenters. The molecule has 25 heavy (non-hydrogen) atoms. The van der Waals surface area contributed by atoms with Crippen LogP contribution in [0.2, 0.25) is 0 Å². The van der Waals surface area contributed by atoms with E-state index in [2.05, 4.69) is 4.72 Å². The summed E-state index contributed by atoms with van der Waals surface area (Å²) >= 11 is 0. The van der Waals surface area contributed by atoms with E-state index in [-0.39, 0.29) is 33.4 Å². The third-order valence-corrected chi connectivity index (χ3v) is 4.72. The van der Waals surface area contributed by atoms with Gasteiger partial charge in [-0.05, 0) is 12.1 Å². The van der Waals surface area contributed by atoms with E-state index in [9.17, 15) is 18.3 Å². The van der Waals surface area contributed by atoms with Gasteiger partial charge in [-0.25, -0.2) is 13.2 Å². The summed E-state index contributed by atoms with van der Waals surface area (Å²) in [7, 11) is -0.109. The van der Waals surface area contributed by atoms with Crippen molar-refractivity contribution in [2.45, 2.75) is 4.90 Å². The fraction of sp³-hybridized carbons (Fsp3) is 0.188. The maximum absolute atomic E-state index is 12.6. The number of benzene rings is 2. The van der Waals surface area contributed by atoms with E-state index in [0.717, 1.165) is 6.07 Å². The molecule has 0 saturated heterocycles. The minimum atomic E-state index is -4.04. The van der Waals surface area contributed by atoms with Crippen molar-refractivity contribution >= 4 is 21.7 Å². The van der Waals surface area contributed by atoms with E-state index in [1.807, 2.05) is 0 Å². The fourth-order valence-corrected chi connectivity index (χ4v) is 3.32. The lowest BCUT2D eigenvalue weighted by molar-refractivity contribution is 0.0697. The van der Waals surface area contributed by atoms with Gasteiger partial charge in [-0.2, -0.15) is 0 Å². The van der Waals surface area contributed by atoms with Gasteiger partial charge in [-0.1, -0.05) is 18.2 Å². The van der Waals surface area contributed by atoms with E-state index < -0.39 is 16.0 Å². The molecular formula is C16H17NO7S. The first-order valence-corrected chi connectivity index (χ1v) is 8.48. The van der Waals surface area contributed by atoms with E-state index in [4.69, 9.17) is 14.2 Å². The molecule has 0 saturated carbocycles. The maximum atomic E-state index is 12.6. The van der Waals surface area contributed by atoms with Gasteiger partial charge in [0.1, 0.15) is 5.69 Å². The van der Waals surface area contributed by atoms with Crippen LogP contribution in [0.15, 0.2) is 41.3 Å². The van der Waals surface area contributed by atoms with Gasteiger partial charge in [0, 0.05) is 6.07 Å². The summed E-state index contributed by atoms with van der Waals surface area (Å²) in [6.45, 7) is 0. The summed E-state index contributed by atoms with van der Waals surface area (Å²) in [4.78, 5) is 11.6. The summed E-state index contributed by atoms with van der Waals surface area (Å²) < 4.78 is 42.9. The molecular weight excluding hydrogens is 350 g/mol. The van der Waals surface area contributed by atoms with E-state index in [0.29, 0.717) is 0 Å². The molecule has 0 aliphatic heterocycles. The Morgan fingerprint density at radius 2 is 1.60 bits per heavy atom. The zero-order valence-electron chi connectivity index (χ0n) is 13.8. The second kappa shape index (κ2) is 7.31. The molecule has 0 aliphatic carbocycles. The molecule has 0 bridgehead atoms. The molecule has 0 spiro atoms. The van der Waals surface area contributed by atoms with E-state index in [1.165, 1.54) is 33.5 Å². The Morgan fingerprint density at radius 3 is 2.08 bits per heavy atom. The monoisotopic (exact) mass is 367 g/mol. The second-order valence-electron chi connectivity index (χ2n) is 4.79. The second-order valence-corrected chi connectivity index (χ2v) is 6.47. The Kier molecular flexibility index (Phi) is 5.38. The lowest BCUT2D eigenvalue weighted by Gasteiger charge is -2.19. The van der Waals surface area contributed by atoms with Crippen molar-refractivity contribution in [1.82, 2.24) is 0 Å². The zero-order valence-corrected chi connectivity index (χ0v) is 14.6. The molecule has 0 aliphatic rings. The summed E-state index contributed by atoms with van der Waals surface area (Å²) in [5.41, 5.74) is -0.592. The van der Waals surface area contributed by atoms with Crippen molar-refractivity contribution in [3.05, 3.63) is 42.0 Å². The van der Waals surface area contributed by atoms with Crippen LogP contribution in [-0.2, 0) is 10.0 Å². The highest BCUT2D eigenvalue weighted by atomic mass is 32.2. The molecule has 134 valence electrons. The third-order valence-electron chi connectivity index (χ3n) is 3.35. The number of aromatic carboxylic acids is 1. The average molecular weight is 367 g/mol. The van der Waals surface area contributed by atoms with E-state index in [1.54, 1.807) is 18.2 Å². The van der Waals surface area contributed by atoms with Gasteiger partial charge in [0.05, 0.1) is 31.8 Å². The molecule has 2 N–H and O–H groups in total. The van der Waals surface area contributed by atoms with Gasteiger partial charge >= 0.3 is 5.97 Å². The molecule has 2 aromatic carbocycles. The quantitative estimate of drug-likeness (QED) is 0.772. The molecule has 0 aromatic heterocycles. The Balaban J connectivity index is 2.69. The number of anilines is 1. The third kappa shape index (κ3) is 3.61. The van der Waals surface area contributed by atoms with Gasteiger partial charge < -0.3 is 19.3 Å². The van der Waals surface area contributed by atoms with Crippen molar-refractivity contribution in [2.75, 3.05) is 26.1 Å². The van der Waals surface area contributed by atoms with Crippen LogP contribution in [-0.4, -0.2) is 40.8 Å². The van der Waals surface area contributed by atoms with Crippen LogP contribution >= 0.6 is 0 Å². The van der Waals surface area contributed by atoms with Crippen LogP contribution in [0.5, 0.6) is 17.2 Å². The van der Waals surface area contributed by atoms with Crippen molar-refractivity contribution in [3.8, 4) is 17.2 Å². The zero-order chi connectivity index (χ0) is 18.6. The number of methoxy groups -OCH3 is 3. The normalized spacial score (nSPS) is 10.8. The number of ether oxygens (including phenoxy) is 3. The van der Waals surface area contributed by atoms with Crippen LogP contribution < -0.4 is 18.9 Å². The van der Waals surface area contributed by atoms with Crippen molar-refractivity contribution < 1.29 is 32.5 Å². The summed E-state index contributed by atoms with van der Waals surface area (Å²) in [6.07, 6.45) is 0. The highest BCUT2D eigenvalue weighted by Gasteiger charge is 2.27. The first-order chi connectivity index (χ1) is 11.9.